The van der Waals surface area contributed by atoms with Crippen LogP contribution in [0.25, 0.3) is 0 Å². The third-order valence-corrected chi connectivity index (χ3v) is 4.06. The predicted octanol–water partition coefficient (Wildman–Crippen LogP) is 3.54. The summed E-state index contributed by atoms with van der Waals surface area (Å²) in [6, 6.07) is 17.3. The molecule has 0 aliphatic heterocycles. The minimum atomic E-state index is 0.303. The zero-order valence-corrected chi connectivity index (χ0v) is 15.1. The number of aromatic hydroxyl groups is 1. The Bertz CT molecular complexity index is 646. The highest BCUT2D eigenvalue weighted by atomic mass is 32.1. The van der Waals surface area contributed by atoms with E-state index in [-0.39, 0.29) is 0 Å². The summed E-state index contributed by atoms with van der Waals surface area (Å²) in [6.45, 7) is 2.40. The van der Waals surface area contributed by atoms with Crippen LogP contribution in [0.15, 0.2) is 54.6 Å². The first kappa shape index (κ1) is 18.2. The van der Waals surface area contributed by atoms with Crippen LogP contribution in [0.4, 0.5) is 5.69 Å². The van der Waals surface area contributed by atoms with E-state index in [9.17, 15) is 5.11 Å². The molecule has 0 saturated carbocycles. The van der Waals surface area contributed by atoms with Crippen LogP contribution in [-0.4, -0.2) is 47.2 Å². The van der Waals surface area contributed by atoms with Crippen LogP contribution >= 0.6 is 12.2 Å². The fourth-order valence-corrected chi connectivity index (χ4v) is 2.68. The monoisotopic (exact) mass is 343 g/mol. The lowest BCUT2D eigenvalue weighted by molar-refractivity contribution is 0.342. The molecule has 5 heteroatoms. The number of anilines is 1. The van der Waals surface area contributed by atoms with Crippen molar-refractivity contribution >= 4 is 23.0 Å². The van der Waals surface area contributed by atoms with Crippen molar-refractivity contribution < 1.29 is 5.11 Å². The maximum Gasteiger partial charge on any atom is 0.173 e. The van der Waals surface area contributed by atoms with Gasteiger partial charge in [0.15, 0.2) is 5.11 Å². The topological polar surface area (TPSA) is 38.7 Å². The van der Waals surface area contributed by atoms with Gasteiger partial charge in [0.2, 0.25) is 0 Å². The van der Waals surface area contributed by atoms with Gasteiger partial charge in [0.05, 0.1) is 0 Å². The van der Waals surface area contributed by atoms with Crippen molar-refractivity contribution in [2.75, 3.05) is 32.5 Å². The molecule has 0 aliphatic rings. The van der Waals surface area contributed by atoms with Crippen LogP contribution in [0.2, 0.25) is 0 Å². The molecule has 4 nitrogen and oxygen atoms in total. The van der Waals surface area contributed by atoms with Crippen LogP contribution < -0.4 is 5.32 Å². The summed E-state index contributed by atoms with van der Waals surface area (Å²) >= 11 is 5.60. The van der Waals surface area contributed by atoms with Crippen molar-refractivity contribution in [1.82, 2.24) is 9.80 Å². The molecule has 2 aromatic carbocycles. The Balaban J connectivity index is 2.06. The van der Waals surface area contributed by atoms with E-state index < -0.39 is 0 Å². The van der Waals surface area contributed by atoms with E-state index in [4.69, 9.17) is 12.2 Å². The number of hydrogen-bond acceptors (Lipinski definition) is 3. The van der Waals surface area contributed by atoms with E-state index in [1.807, 2.05) is 48.5 Å². The SMILES string of the molecule is CN(C)CCCN(Cc1ccccc1O)C(=S)Nc1ccccc1. The minimum absolute atomic E-state index is 0.303. The van der Waals surface area contributed by atoms with Gasteiger partial charge in [-0.1, -0.05) is 36.4 Å². The minimum Gasteiger partial charge on any atom is -0.508 e. The number of thiocarbonyl (C=S) groups is 1. The Morgan fingerprint density at radius 1 is 1.00 bits per heavy atom. The van der Waals surface area contributed by atoms with Crippen LogP contribution in [0.3, 0.4) is 0 Å². The van der Waals surface area contributed by atoms with E-state index in [0.29, 0.717) is 17.4 Å². The van der Waals surface area contributed by atoms with Gasteiger partial charge in [-0.2, -0.15) is 0 Å². The molecule has 0 saturated heterocycles. The largest absolute Gasteiger partial charge is 0.508 e. The molecule has 0 aliphatic carbocycles. The number of benzene rings is 2. The maximum absolute atomic E-state index is 10.0. The van der Waals surface area contributed by atoms with Crippen molar-refractivity contribution in [1.29, 1.82) is 0 Å². The normalized spacial score (nSPS) is 10.6. The van der Waals surface area contributed by atoms with Crippen molar-refractivity contribution in [2.24, 2.45) is 0 Å². The number of para-hydroxylation sites is 2. The third-order valence-electron chi connectivity index (χ3n) is 3.70. The standard InChI is InChI=1S/C19H25N3OS/c1-21(2)13-8-14-22(15-16-9-6-7-12-18(16)23)19(24)20-17-10-4-3-5-11-17/h3-7,9-12,23H,8,13-15H2,1-2H3,(H,20,24). The maximum atomic E-state index is 10.0. The lowest BCUT2D eigenvalue weighted by Crippen LogP contribution is -2.36. The molecule has 0 spiro atoms. The van der Waals surface area contributed by atoms with Gasteiger partial charge >= 0.3 is 0 Å². The van der Waals surface area contributed by atoms with Gasteiger partial charge in [-0.25, -0.2) is 0 Å². The van der Waals surface area contributed by atoms with E-state index in [1.54, 1.807) is 6.07 Å². The zero-order valence-electron chi connectivity index (χ0n) is 14.3. The predicted molar refractivity (Wildman–Crippen MR) is 104 cm³/mol. The van der Waals surface area contributed by atoms with Crippen molar-refractivity contribution in [2.45, 2.75) is 13.0 Å². The summed E-state index contributed by atoms with van der Waals surface area (Å²) in [4.78, 5) is 4.26. The molecular weight excluding hydrogens is 318 g/mol. The second kappa shape index (κ2) is 9.25. The number of phenolic OH excluding ortho intramolecular Hbond substituents is 1. The van der Waals surface area contributed by atoms with Gasteiger partial charge in [-0.05, 0) is 57.5 Å². The molecule has 0 amide bonds. The molecule has 2 aromatic rings. The Labute approximate surface area is 149 Å². The van der Waals surface area contributed by atoms with Gasteiger partial charge < -0.3 is 20.2 Å². The van der Waals surface area contributed by atoms with Crippen LogP contribution in [0.1, 0.15) is 12.0 Å². The fraction of sp³-hybridized carbons (Fsp3) is 0.316. The van der Waals surface area contributed by atoms with Gasteiger partial charge in [0.25, 0.3) is 0 Å². The molecule has 0 heterocycles. The van der Waals surface area contributed by atoms with Gasteiger partial charge in [0, 0.05) is 24.3 Å². The summed E-state index contributed by atoms with van der Waals surface area (Å²) in [5.41, 5.74) is 1.84. The summed E-state index contributed by atoms with van der Waals surface area (Å²) in [5, 5.41) is 14.0. The molecule has 0 aromatic heterocycles. The van der Waals surface area contributed by atoms with Crippen molar-refractivity contribution in [3.8, 4) is 5.75 Å². The molecule has 0 radical (unpaired) electrons. The first-order valence-corrected chi connectivity index (χ1v) is 8.49. The number of hydrogen-bond donors (Lipinski definition) is 2. The van der Waals surface area contributed by atoms with E-state index in [0.717, 1.165) is 30.8 Å². The van der Waals surface area contributed by atoms with Gasteiger partial charge in [-0.15, -0.1) is 0 Å². The number of nitrogens with one attached hydrogen (secondary N) is 1. The Morgan fingerprint density at radius 3 is 2.33 bits per heavy atom. The molecule has 0 atom stereocenters. The number of phenols is 1. The highest BCUT2D eigenvalue weighted by molar-refractivity contribution is 7.80. The molecule has 24 heavy (non-hydrogen) atoms. The second-order valence-corrected chi connectivity index (χ2v) is 6.39. The Kier molecular flexibility index (Phi) is 7.03. The summed E-state index contributed by atoms with van der Waals surface area (Å²) in [7, 11) is 4.13. The van der Waals surface area contributed by atoms with E-state index >= 15 is 0 Å². The highest BCUT2D eigenvalue weighted by Crippen LogP contribution is 2.19. The Morgan fingerprint density at radius 2 is 1.67 bits per heavy atom. The second-order valence-electron chi connectivity index (χ2n) is 6.00. The summed E-state index contributed by atoms with van der Waals surface area (Å²) < 4.78 is 0. The van der Waals surface area contributed by atoms with Gasteiger partial charge in [0.1, 0.15) is 5.75 Å². The number of nitrogens with zero attached hydrogens (tertiary/aromatic N) is 2. The molecular formula is C19H25N3OS. The number of rotatable bonds is 7. The molecule has 0 bridgehead atoms. The third kappa shape index (κ3) is 5.83. The highest BCUT2D eigenvalue weighted by Gasteiger charge is 2.12. The quantitative estimate of drug-likeness (QED) is 0.752. The summed E-state index contributed by atoms with van der Waals surface area (Å²) in [5.74, 6) is 0.303. The molecule has 128 valence electrons. The van der Waals surface area contributed by atoms with Crippen LogP contribution in [0.5, 0.6) is 5.75 Å². The lowest BCUT2D eigenvalue weighted by Gasteiger charge is -2.27. The zero-order chi connectivity index (χ0) is 17.4. The average Bonchev–Trinajstić information content (AvgIpc) is 2.56. The Hall–Kier alpha value is -2.11. The molecule has 2 rings (SSSR count). The van der Waals surface area contributed by atoms with Crippen molar-refractivity contribution in [3.05, 3.63) is 60.2 Å². The molecule has 0 fully saturated rings. The first-order valence-electron chi connectivity index (χ1n) is 8.09. The first-order chi connectivity index (χ1) is 11.6. The molecule has 2 N–H and O–H groups in total. The van der Waals surface area contributed by atoms with Crippen LogP contribution in [0, 0.1) is 0 Å². The molecule has 0 unspecified atom stereocenters. The fourth-order valence-electron chi connectivity index (χ4n) is 2.40. The van der Waals surface area contributed by atoms with Crippen molar-refractivity contribution in [3.63, 3.8) is 0 Å². The smallest absolute Gasteiger partial charge is 0.173 e. The lowest BCUT2D eigenvalue weighted by atomic mass is 10.2. The van der Waals surface area contributed by atoms with Gasteiger partial charge in [-0.3, -0.25) is 0 Å². The van der Waals surface area contributed by atoms with E-state index in [2.05, 4.69) is 29.2 Å². The average molecular weight is 343 g/mol. The van der Waals surface area contributed by atoms with E-state index in [1.165, 1.54) is 0 Å². The summed E-state index contributed by atoms with van der Waals surface area (Å²) in [6.07, 6.45) is 0.997. The van der Waals surface area contributed by atoms with Crippen LogP contribution in [-0.2, 0) is 6.54 Å².